The highest BCUT2D eigenvalue weighted by Gasteiger charge is 2.28. The van der Waals surface area contributed by atoms with Crippen molar-refractivity contribution in [3.8, 4) is 45.0 Å². The molecule has 18 N–H and O–H groups in total. The Labute approximate surface area is 783 Å². The molecular formula is C98H98N30O9. The third kappa shape index (κ3) is 22.0. The van der Waals surface area contributed by atoms with E-state index in [4.69, 9.17) is 27.4 Å². The third-order valence-corrected chi connectivity index (χ3v) is 23.3. The number of nitrogens with one attached hydrogen (secondary N) is 10. The van der Waals surface area contributed by atoms with Crippen LogP contribution in [0.5, 0.6) is 0 Å². The van der Waals surface area contributed by atoms with Gasteiger partial charge in [-0.3, -0.25) is 54.1 Å². The summed E-state index contributed by atoms with van der Waals surface area (Å²) in [6.07, 6.45) is 9.77. The van der Waals surface area contributed by atoms with Gasteiger partial charge in [0.05, 0.1) is 64.1 Å². The van der Waals surface area contributed by atoms with E-state index >= 15 is 0 Å². The van der Waals surface area contributed by atoms with Crippen molar-refractivity contribution < 1.29 is 42.8 Å². The van der Waals surface area contributed by atoms with Gasteiger partial charge in [0.1, 0.15) is 11.3 Å². The first kappa shape index (κ1) is 91.7. The van der Waals surface area contributed by atoms with Gasteiger partial charge in [-0.2, -0.15) is 10.1 Å². The number of oxazole rings is 1. The van der Waals surface area contributed by atoms with Crippen molar-refractivity contribution in [1.82, 2.24) is 110 Å². The summed E-state index contributed by atoms with van der Waals surface area (Å²) in [6, 6.07) is 60.4. The predicted octanol–water partition coefficient (Wildman–Crippen LogP) is 10.0. The van der Waals surface area contributed by atoms with E-state index in [0.717, 1.165) is 154 Å². The fourth-order valence-corrected chi connectivity index (χ4v) is 15.9. The minimum Gasteiger partial charge on any atom is -0.423 e. The summed E-state index contributed by atoms with van der Waals surface area (Å²) >= 11 is 0. The summed E-state index contributed by atoms with van der Waals surface area (Å²) in [5.74, 6) is -0.655. The molecular weight excluding hydrogens is 1740 g/mol. The number of nitrogens with zero attached hydrogens (tertiary/aromatic N) is 16. The van der Waals surface area contributed by atoms with Crippen molar-refractivity contribution >= 4 is 138 Å². The maximum atomic E-state index is 13.0. The van der Waals surface area contributed by atoms with Gasteiger partial charge in [-0.05, 0) is 149 Å². The molecule has 4 aliphatic heterocycles. The first-order valence-electron chi connectivity index (χ1n) is 44.7. The number of carbonyl (C=O) groups is 8. The number of fused-ring (bicyclic) bond motifs is 4. The number of nitrogens with two attached hydrogens (primary N) is 4. The van der Waals surface area contributed by atoms with Crippen LogP contribution in [-0.4, -0.2) is 241 Å². The average molecular weight is 1840 g/mol. The van der Waals surface area contributed by atoms with Crippen LogP contribution in [0.1, 0.15) is 109 Å². The molecule has 0 unspecified atom stereocenters. The standard InChI is InChI=1S/C25H26N8O2.C25H25N7O2.C24H24N8O2.C24H23N7O3/c1-32-20-6-3-2-5-18(20)30-25(32)31-23(34)21-22(26)28-15-19(29-21)16-7-9-17(10-8-16)24(35)33-13-4-11-27-12-14-33;26-23-22(24(33)31-21-14-18-4-1-2-5-19(18)29-21)30-20(15-28-23)16-6-8-17(9-7-16)25(34)32-12-3-10-27-11-13-32;25-21-20(23(33)29-22-17-4-1-2-5-18(17)30-31-22)28-19(14-27-21)15-6-8-16(9-7-15)24(34)32-12-3-10-26-11-13-32;25-21-20(22(32)30-24-29-17-4-1-2-5-19(17)34-24)28-18(14-27-21)15-6-8-16(9-7-15)23(33)31-12-3-10-26-11-13-31/h2-3,5-10,15,27H,4,11-14H2,1H3,(H2,26,28)(H,30,31,34);1-2,4-9,14-15,27,29H,3,10-13H2,(H2,26,28)(H,31,33);1-2,4-9,14,26H,3,10-13H2,(H2,25,27)(H2,29,30,31,33);1-2,4-9,14,26H,3,10-13H2,(H2,25,27)(H,29,30,32). The van der Waals surface area contributed by atoms with Crippen molar-refractivity contribution in [3.05, 3.63) is 270 Å². The highest BCUT2D eigenvalue weighted by Crippen LogP contribution is 2.30. The molecule has 20 rings (SSSR count). The highest BCUT2D eigenvalue weighted by molar-refractivity contribution is 6.11. The molecule has 16 aromatic rings. The largest absolute Gasteiger partial charge is 0.423 e. The summed E-state index contributed by atoms with van der Waals surface area (Å²) in [6.45, 7) is 12.6. The van der Waals surface area contributed by atoms with Gasteiger partial charge in [-0.1, -0.05) is 103 Å². The zero-order chi connectivity index (χ0) is 94.8. The molecule has 0 spiro atoms. The first-order chi connectivity index (χ1) is 66.8. The number of rotatable bonds is 16. The lowest BCUT2D eigenvalue weighted by atomic mass is 10.1. The summed E-state index contributed by atoms with van der Waals surface area (Å²) < 4.78 is 7.32. The van der Waals surface area contributed by atoms with Gasteiger partial charge >= 0.3 is 6.01 Å². The molecule has 137 heavy (non-hydrogen) atoms. The molecule has 0 atom stereocenters. The lowest BCUT2D eigenvalue weighted by Crippen LogP contribution is -2.34. The second kappa shape index (κ2) is 42.6. The number of carbonyl (C=O) groups excluding carboxylic acids is 8. The average Bonchev–Trinajstić information content (AvgIpc) is 1.78. The zero-order valence-electron chi connectivity index (χ0n) is 74.6. The number of aryl methyl sites for hydroxylation is 1. The van der Waals surface area contributed by atoms with Crippen LogP contribution in [0.3, 0.4) is 0 Å². The Morgan fingerprint density at radius 3 is 1.14 bits per heavy atom. The summed E-state index contributed by atoms with van der Waals surface area (Å²) in [7, 11) is 1.82. The highest BCUT2D eigenvalue weighted by atomic mass is 16.4. The molecule has 8 aromatic heterocycles. The number of anilines is 8. The Bertz CT molecular complexity index is 6810. The second-order valence-electron chi connectivity index (χ2n) is 32.5. The molecule has 694 valence electrons. The third-order valence-electron chi connectivity index (χ3n) is 23.3. The predicted molar refractivity (Wildman–Crippen MR) is 522 cm³/mol. The lowest BCUT2D eigenvalue weighted by Gasteiger charge is -2.20. The van der Waals surface area contributed by atoms with E-state index in [0.29, 0.717) is 105 Å². The van der Waals surface area contributed by atoms with E-state index in [1.54, 1.807) is 102 Å². The number of amides is 8. The normalized spacial score (nSPS) is 14.1. The quantitative estimate of drug-likeness (QED) is 0.0427. The number of nitrogen functional groups attached to an aromatic ring is 4. The summed E-state index contributed by atoms with van der Waals surface area (Å²) in [5, 5.41) is 32.9. The molecule has 0 saturated carbocycles. The van der Waals surface area contributed by atoms with Crippen LogP contribution >= 0.6 is 0 Å². The van der Waals surface area contributed by atoms with E-state index in [1.165, 1.54) is 24.8 Å². The number of hydrogen-bond acceptors (Lipinski definition) is 28. The maximum absolute atomic E-state index is 13.0. The first-order valence-corrected chi connectivity index (χ1v) is 44.7. The van der Waals surface area contributed by atoms with Gasteiger partial charge in [0.25, 0.3) is 47.3 Å². The van der Waals surface area contributed by atoms with Crippen LogP contribution in [0.2, 0.25) is 0 Å². The smallest absolute Gasteiger partial charge is 0.302 e. The van der Waals surface area contributed by atoms with Gasteiger partial charge < -0.3 is 88.4 Å². The van der Waals surface area contributed by atoms with Crippen molar-refractivity contribution in [2.45, 2.75) is 25.7 Å². The fraction of sp³-hybridized carbons (Fsp3) is 0.214. The number of benzene rings is 8. The van der Waals surface area contributed by atoms with Crippen LogP contribution in [0.25, 0.3) is 89.0 Å². The molecule has 12 heterocycles. The minimum atomic E-state index is -0.583. The number of imidazole rings is 1. The molecule has 8 amide bonds. The topological polar surface area (TPSA) is 541 Å². The van der Waals surface area contributed by atoms with E-state index in [9.17, 15) is 38.4 Å². The number of aromatic amines is 2. The molecule has 8 aromatic carbocycles. The Kier molecular flexibility index (Phi) is 28.5. The van der Waals surface area contributed by atoms with Crippen LogP contribution in [-0.2, 0) is 7.05 Å². The molecule has 0 aliphatic carbocycles. The van der Waals surface area contributed by atoms with E-state index in [1.807, 2.05) is 130 Å². The van der Waals surface area contributed by atoms with Crippen molar-refractivity contribution in [2.24, 2.45) is 7.05 Å². The summed E-state index contributed by atoms with van der Waals surface area (Å²) in [4.78, 5) is 157. The molecule has 39 heteroatoms. The Hall–Kier alpha value is -17.2. The molecule has 39 nitrogen and oxygen atoms in total. The van der Waals surface area contributed by atoms with Crippen LogP contribution in [0.15, 0.2) is 229 Å². The van der Waals surface area contributed by atoms with Crippen LogP contribution in [0, 0.1) is 0 Å². The van der Waals surface area contributed by atoms with Crippen molar-refractivity contribution in [1.29, 1.82) is 0 Å². The van der Waals surface area contributed by atoms with Gasteiger partial charge in [-0.15, -0.1) is 0 Å². The van der Waals surface area contributed by atoms with Crippen molar-refractivity contribution in [3.63, 3.8) is 0 Å². The van der Waals surface area contributed by atoms with Crippen LogP contribution < -0.4 is 65.5 Å². The lowest BCUT2D eigenvalue weighted by molar-refractivity contribution is 0.0759. The van der Waals surface area contributed by atoms with Gasteiger partial charge in [0, 0.05) is 146 Å². The van der Waals surface area contributed by atoms with Crippen molar-refractivity contribution in [2.75, 3.05) is 149 Å². The Morgan fingerprint density at radius 1 is 0.358 bits per heavy atom. The van der Waals surface area contributed by atoms with Crippen LogP contribution in [0.4, 0.5) is 46.9 Å². The fourth-order valence-electron chi connectivity index (χ4n) is 15.9. The molecule has 4 fully saturated rings. The zero-order valence-corrected chi connectivity index (χ0v) is 74.6. The summed E-state index contributed by atoms with van der Waals surface area (Å²) in [5.41, 5.74) is 35.6. The van der Waals surface area contributed by atoms with E-state index in [-0.39, 0.29) is 75.7 Å². The molecule has 0 bridgehead atoms. The number of H-pyrrole nitrogens is 2. The second-order valence-corrected chi connectivity index (χ2v) is 32.5. The van der Waals surface area contributed by atoms with Gasteiger partial charge in [-0.25, -0.2) is 44.9 Å². The maximum Gasteiger partial charge on any atom is 0.302 e. The monoisotopic (exact) mass is 1840 g/mol. The molecule has 0 radical (unpaired) electrons. The van der Waals surface area contributed by atoms with E-state index in [2.05, 4.69) is 108 Å². The Balaban J connectivity index is 0.000000127. The SMILES string of the molecule is Cn1c(NC(=O)c2nc(-c3ccc(C(=O)N4CCCNCC4)cc3)cnc2N)nc2ccccc21.Nc1ncc(-c2ccc(C(=O)N3CCCNCC3)cc2)nc1C(=O)Nc1cc2ccccc2[nH]1.Nc1ncc(-c2ccc(C(=O)N3CCCNCC3)cc2)nc1C(=O)Nc1n[nH]c2ccccc12.Nc1ncc(-c2ccc(C(=O)N3CCCNCC3)cc2)nc1C(=O)Nc1nc2ccccc2o1. The molecule has 4 aliphatic rings. The number of aromatic nitrogens is 14. The van der Waals surface area contributed by atoms with E-state index < -0.39 is 23.6 Å². The van der Waals surface area contributed by atoms with Gasteiger partial charge in [0.2, 0.25) is 5.95 Å². The molecule has 4 saturated heterocycles. The minimum absolute atomic E-state index is 0.00167. The van der Waals surface area contributed by atoms with Gasteiger partial charge in [0.15, 0.2) is 57.4 Å². The number of para-hydroxylation sites is 6. The number of hydrogen-bond donors (Lipinski definition) is 14. The Morgan fingerprint density at radius 2 is 0.723 bits per heavy atom.